The molecule has 1 aromatic carbocycles. The molecule has 0 spiro atoms. The van der Waals surface area contributed by atoms with Crippen molar-refractivity contribution in [3.05, 3.63) is 33.5 Å². The van der Waals surface area contributed by atoms with Gasteiger partial charge in [0.25, 0.3) is 0 Å². The summed E-state index contributed by atoms with van der Waals surface area (Å²) in [6.45, 7) is 1.77. The number of benzene rings is 1. The molecule has 0 amide bonds. The maximum Gasteiger partial charge on any atom is 0.179 e. The Morgan fingerprint density at radius 3 is 2.71 bits per heavy atom. The molecule has 0 saturated heterocycles. The smallest absolute Gasteiger partial charge is 0.179 e. The van der Waals surface area contributed by atoms with E-state index in [1.165, 1.54) is 0 Å². The van der Waals surface area contributed by atoms with Crippen LogP contribution in [0.5, 0.6) is 0 Å². The average Bonchev–Trinajstić information content (AvgIpc) is 2.20. The van der Waals surface area contributed by atoms with E-state index in [1.807, 2.05) is 6.92 Å². The molecule has 2 N–H and O–H groups in total. The number of hydrogen-bond donors (Lipinski definition) is 1. The lowest BCUT2D eigenvalue weighted by Gasteiger charge is -2.05. The van der Waals surface area contributed by atoms with Crippen molar-refractivity contribution in [2.45, 2.75) is 13.3 Å². The summed E-state index contributed by atoms with van der Waals surface area (Å²) in [6.07, 6.45) is 0.754. The van der Waals surface area contributed by atoms with Crippen LogP contribution < -0.4 is 5.73 Å². The quantitative estimate of drug-likeness (QED) is 0.847. The fourth-order valence-corrected chi connectivity index (χ4v) is 1.67. The standard InChI is InChI=1S/C10H11BrFNO/c1-2-6-3-7(9(14)5-13)10(12)8(11)4-6/h3-4H,2,5,13H2,1H3. The number of carbonyl (C=O) groups excluding carboxylic acids is 1. The molecule has 0 aliphatic rings. The molecule has 0 saturated carbocycles. The highest BCUT2D eigenvalue weighted by atomic mass is 79.9. The molecule has 0 fully saturated rings. The fourth-order valence-electron chi connectivity index (χ4n) is 1.16. The van der Waals surface area contributed by atoms with Crippen LogP contribution in [0.2, 0.25) is 0 Å². The number of nitrogens with two attached hydrogens (primary N) is 1. The molecular weight excluding hydrogens is 249 g/mol. The van der Waals surface area contributed by atoms with Gasteiger partial charge in [0.05, 0.1) is 16.6 Å². The van der Waals surface area contributed by atoms with Gasteiger partial charge in [0.2, 0.25) is 0 Å². The Morgan fingerprint density at radius 2 is 2.21 bits per heavy atom. The first-order valence-electron chi connectivity index (χ1n) is 4.31. The Bertz CT molecular complexity index is 365. The highest BCUT2D eigenvalue weighted by molar-refractivity contribution is 9.10. The first kappa shape index (κ1) is 11.3. The molecule has 0 bridgehead atoms. The summed E-state index contributed by atoms with van der Waals surface area (Å²) in [7, 11) is 0. The van der Waals surface area contributed by atoms with Crippen LogP contribution in [-0.4, -0.2) is 12.3 Å². The number of carbonyl (C=O) groups is 1. The highest BCUT2D eigenvalue weighted by Crippen LogP contribution is 2.22. The first-order chi connectivity index (χ1) is 6.60. The minimum Gasteiger partial charge on any atom is -0.324 e. The van der Waals surface area contributed by atoms with Crippen molar-refractivity contribution in [3.63, 3.8) is 0 Å². The molecule has 0 heterocycles. The van der Waals surface area contributed by atoms with Crippen molar-refractivity contribution in [2.75, 3.05) is 6.54 Å². The van der Waals surface area contributed by atoms with E-state index < -0.39 is 5.82 Å². The van der Waals surface area contributed by atoms with Crippen LogP contribution in [0.3, 0.4) is 0 Å². The van der Waals surface area contributed by atoms with Gasteiger partial charge in [0.1, 0.15) is 5.82 Å². The Morgan fingerprint density at radius 1 is 1.57 bits per heavy atom. The van der Waals surface area contributed by atoms with Gasteiger partial charge >= 0.3 is 0 Å². The Hall–Kier alpha value is -0.740. The van der Waals surface area contributed by atoms with Crippen LogP contribution in [0.25, 0.3) is 0 Å². The summed E-state index contributed by atoms with van der Waals surface area (Å²) in [5.74, 6) is -0.906. The second-order valence-corrected chi connectivity index (χ2v) is 3.77. The second kappa shape index (κ2) is 4.66. The number of aryl methyl sites for hydroxylation is 1. The molecule has 2 nitrogen and oxygen atoms in total. The number of halogens is 2. The van der Waals surface area contributed by atoms with Gasteiger partial charge in [-0.05, 0) is 40.0 Å². The van der Waals surface area contributed by atoms with Crippen LogP contribution in [0.4, 0.5) is 4.39 Å². The summed E-state index contributed by atoms with van der Waals surface area (Å²) >= 11 is 3.07. The maximum absolute atomic E-state index is 13.4. The van der Waals surface area contributed by atoms with Gasteiger partial charge in [-0.15, -0.1) is 0 Å². The summed E-state index contributed by atoms with van der Waals surface area (Å²) < 4.78 is 13.7. The van der Waals surface area contributed by atoms with Gasteiger partial charge in [-0.3, -0.25) is 4.79 Å². The van der Waals surface area contributed by atoms with Crippen molar-refractivity contribution in [1.82, 2.24) is 0 Å². The van der Waals surface area contributed by atoms with Gasteiger partial charge in [0, 0.05) is 0 Å². The number of ketones is 1. The SMILES string of the molecule is CCc1cc(Br)c(F)c(C(=O)CN)c1. The fraction of sp³-hybridized carbons (Fsp3) is 0.300. The van der Waals surface area contributed by atoms with Crippen molar-refractivity contribution in [3.8, 4) is 0 Å². The molecule has 76 valence electrons. The van der Waals surface area contributed by atoms with Crippen LogP contribution in [-0.2, 0) is 6.42 Å². The zero-order valence-electron chi connectivity index (χ0n) is 7.81. The number of rotatable bonds is 3. The molecular formula is C10H11BrFNO. The lowest BCUT2D eigenvalue weighted by molar-refractivity contribution is 0.0997. The molecule has 0 aromatic heterocycles. The molecule has 0 atom stereocenters. The molecule has 0 radical (unpaired) electrons. The molecule has 0 aliphatic heterocycles. The lowest BCUT2D eigenvalue weighted by atomic mass is 10.1. The van der Waals surface area contributed by atoms with E-state index in [2.05, 4.69) is 15.9 Å². The van der Waals surface area contributed by atoms with E-state index in [0.717, 1.165) is 12.0 Å². The van der Waals surface area contributed by atoms with E-state index in [4.69, 9.17) is 5.73 Å². The van der Waals surface area contributed by atoms with E-state index in [9.17, 15) is 9.18 Å². The summed E-state index contributed by atoms with van der Waals surface area (Å²) in [4.78, 5) is 11.3. The van der Waals surface area contributed by atoms with Crippen molar-refractivity contribution in [2.24, 2.45) is 5.73 Å². The molecule has 0 aliphatic carbocycles. The Balaban J connectivity index is 3.27. The zero-order chi connectivity index (χ0) is 10.7. The van der Waals surface area contributed by atoms with Gasteiger partial charge in [-0.1, -0.05) is 6.92 Å². The summed E-state index contributed by atoms with van der Waals surface area (Å²) in [5, 5.41) is 0. The van der Waals surface area contributed by atoms with Crippen LogP contribution in [0.1, 0.15) is 22.8 Å². The van der Waals surface area contributed by atoms with Crippen molar-refractivity contribution >= 4 is 21.7 Å². The minimum absolute atomic E-state index is 0.0683. The molecule has 1 aromatic rings. The normalized spacial score (nSPS) is 10.3. The maximum atomic E-state index is 13.4. The molecule has 4 heteroatoms. The zero-order valence-corrected chi connectivity index (χ0v) is 9.40. The Kier molecular flexibility index (Phi) is 3.77. The average molecular weight is 260 g/mol. The third kappa shape index (κ3) is 2.19. The van der Waals surface area contributed by atoms with Crippen molar-refractivity contribution < 1.29 is 9.18 Å². The first-order valence-corrected chi connectivity index (χ1v) is 5.10. The Labute approximate surface area is 90.4 Å². The number of Topliss-reactive ketones (excluding diaryl/α,β-unsaturated/α-hetero) is 1. The monoisotopic (exact) mass is 259 g/mol. The van der Waals surface area contributed by atoms with E-state index in [1.54, 1.807) is 12.1 Å². The van der Waals surface area contributed by atoms with Crippen LogP contribution in [0.15, 0.2) is 16.6 Å². The summed E-state index contributed by atoms with van der Waals surface area (Å²) in [6, 6.07) is 3.22. The van der Waals surface area contributed by atoms with E-state index >= 15 is 0 Å². The van der Waals surface area contributed by atoms with Gasteiger partial charge in [0.15, 0.2) is 5.78 Å². The van der Waals surface area contributed by atoms with Crippen LogP contribution >= 0.6 is 15.9 Å². The molecule has 14 heavy (non-hydrogen) atoms. The largest absolute Gasteiger partial charge is 0.324 e. The van der Waals surface area contributed by atoms with E-state index in [-0.39, 0.29) is 17.9 Å². The van der Waals surface area contributed by atoms with Gasteiger partial charge in [-0.2, -0.15) is 0 Å². The van der Waals surface area contributed by atoms with Gasteiger partial charge < -0.3 is 5.73 Å². The van der Waals surface area contributed by atoms with E-state index in [0.29, 0.717) is 4.47 Å². The third-order valence-electron chi connectivity index (χ3n) is 1.98. The molecule has 1 rings (SSSR count). The lowest BCUT2D eigenvalue weighted by Crippen LogP contribution is -2.15. The predicted molar refractivity (Wildman–Crippen MR) is 56.9 cm³/mol. The van der Waals surface area contributed by atoms with Gasteiger partial charge in [-0.25, -0.2) is 4.39 Å². The minimum atomic E-state index is -0.530. The summed E-state index contributed by atoms with van der Waals surface area (Å²) in [5.41, 5.74) is 6.16. The third-order valence-corrected chi connectivity index (χ3v) is 2.56. The molecule has 0 unspecified atom stereocenters. The highest BCUT2D eigenvalue weighted by Gasteiger charge is 2.13. The second-order valence-electron chi connectivity index (χ2n) is 2.92. The number of hydrogen-bond acceptors (Lipinski definition) is 2. The van der Waals surface area contributed by atoms with Crippen molar-refractivity contribution in [1.29, 1.82) is 0 Å². The van der Waals surface area contributed by atoms with Crippen LogP contribution in [0, 0.1) is 5.82 Å². The predicted octanol–water partition coefficient (Wildman–Crippen LogP) is 2.29. The topological polar surface area (TPSA) is 43.1 Å².